The highest BCUT2D eigenvalue weighted by atomic mass is 16.5. The summed E-state index contributed by atoms with van der Waals surface area (Å²) in [5, 5.41) is 2.91. The van der Waals surface area contributed by atoms with E-state index >= 15 is 0 Å². The molecule has 118 valence electrons. The predicted molar refractivity (Wildman–Crippen MR) is 82.8 cm³/mol. The lowest BCUT2D eigenvalue weighted by Gasteiger charge is -2.52. The molecule has 2 unspecified atom stereocenters. The van der Waals surface area contributed by atoms with Crippen molar-refractivity contribution in [2.45, 2.75) is 47.5 Å². The van der Waals surface area contributed by atoms with Crippen LogP contribution in [0.3, 0.4) is 0 Å². The zero-order chi connectivity index (χ0) is 15.2. The van der Waals surface area contributed by atoms with Crippen LogP contribution in [0.25, 0.3) is 0 Å². The number of nitrogens with one attached hydrogen (secondary N) is 1. The number of hydrogen-bond acceptors (Lipinski definition) is 3. The van der Waals surface area contributed by atoms with Gasteiger partial charge in [-0.3, -0.25) is 0 Å². The van der Waals surface area contributed by atoms with Gasteiger partial charge in [0.25, 0.3) is 0 Å². The van der Waals surface area contributed by atoms with Crippen molar-refractivity contribution in [3.8, 4) is 0 Å². The summed E-state index contributed by atoms with van der Waals surface area (Å²) in [5.41, 5.74) is 0.350. The number of carbonyl (C=O) groups is 1. The number of nitrogens with zero attached hydrogens (tertiary/aromatic N) is 1. The van der Waals surface area contributed by atoms with E-state index in [4.69, 9.17) is 4.74 Å². The van der Waals surface area contributed by atoms with Crippen molar-refractivity contribution in [3.63, 3.8) is 0 Å². The van der Waals surface area contributed by atoms with Crippen LogP contribution < -0.4 is 5.32 Å². The summed E-state index contributed by atoms with van der Waals surface area (Å²) in [5.74, 6) is 1.38. The predicted octanol–water partition coefficient (Wildman–Crippen LogP) is 3.13. The Balaban J connectivity index is 2.15. The van der Waals surface area contributed by atoms with Crippen LogP contribution in [0, 0.1) is 17.3 Å². The molecule has 1 saturated carbocycles. The van der Waals surface area contributed by atoms with Crippen molar-refractivity contribution >= 4 is 6.09 Å². The molecule has 0 spiro atoms. The summed E-state index contributed by atoms with van der Waals surface area (Å²) in [7, 11) is 0. The van der Waals surface area contributed by atoms with Crippen molar-refractivity contribution in [2.75, 3.05) is 32.8 Å². The normalized spacial score (nSPS) is 24.3. The molecule has 4 nitrogen and oxygen atoms in total. The van der Waals surface area contributed by atoms with Crippen LogP contribution in [0.4, 0.5) is 4.79 Å². The fourth-order valence-electron chi connectivity index (χ4n) is 3.23. The van der Waals surface area contributed by atoms with E-state index in [2.05, 4.69) is 44.8 Å². The van der Waals surface area contributed by atoms with E-state index in [0.29, 0.717) is 17.9 Å². The van der Waals surface area contributed by atoms with Crippen LogP contribution in [-0.2, 0) is 4.74 Å². The lowest BCUT2D eigenvalue weighted by atomic mass is 9.54. The van der Waals surface area contributed by atoms with E-state index < -0.39 is 0 Å². The Labute approximate surface area is 124 Å². The topological polar surface area (TPSA) is 41.6 Å². The second kappa shape index (κ2) is 7.87. The van der Waals surface area contributed by atoms with Gasteiger partial charge in [0.15, 0.2) is 0 Å². The molecule has 1 aliphatic carbocycles. The van der Waals surface area contributed by atoms with Gasteiger partial charge >= 0.3 is 6.09 Å². The van der Waals surface area contributed by atoms with Crippen molar-refractivity contribution in [3.05, 3.63) is 0 Å². The lowest BCUT2D eigenvalue weighted by molar-refractivity contribution is -0.0210. The van der Waals surface area contributed by atoms with Crippen LogP contribution in [0.15, 0.2) is 0 Å². The summed E-state index contributed by atoms with van der Waals surface area (Å²) < 4.78 is 5.22. The van der Waals surface area contributed by atoms with Crippen LogP contribution in [-0.4, -0.2) is 43.8 Å². The number of rotatable bonds is 8. The summed E-state index contributed by atoms with van der Waals surface area (Å²) >= 11 is 0. The van der Waals surface area contributed by atoms with Crippen molar-refractivity contribution < 1.29 is 9.53 Å². The fourth-order valence-corrected chi connectivity index (χ4v) is 3.23. The minimum absolute atomic E-state index is 0.270. The maximum absolute atomic E-state index is 11.7. The first-order valence-corrected chi connectivity index (χ1v) is 8.08. The van der Waals surface area contributed by atoms with Gasteiger partial charge in [0.1, 0.15) is 6.61 Å². The molecule has 0 saturated heterocycles. The molecule has 2 atom stereocenters. The molecule has 1 aliphatic rings. The first-order chi connectivity index (χ1) is 9.45. The molecule has 0 aliphatic heterocycles. The molecule has 20 heavy (non-hydrogen) atoms. The van der Waals surface area contributed by atoms with E-state index in [9.17, 15) is 4.79 Å². The molecular weight excluding hydrogens is 252 g/mol. The Morgan fingerprint density at radius 1 is 1.25 bits per heavy atom. The standard InChI is InChI=1S/C16H32N2O2/c1-6-13-11-14(16(13,4)5)12-17-15(19)20-10-9-18(7-2)8-3/h13-14H,6-12H2,1-5H3,(H,17,19). The summed E-state index contributed by atoms with van der Waals surface area (Å²) in [6, 6.07) is 0. The number of carbonyl (C=O) groups excluding carboxylic acids is 1. The van der Waals surface area contributed by atoms with Gasteiger partial charge in [-0.15, -0.1) is 0 Å². The molecule has 0 heterocycles. The molecule has 1 N–H and O–H groups in total. The molecule has 4 heteroatoms. The molecule has 1 rings (SSSR count). The Morgan fingerprint density at radius 3 is 2.40 bits per heavy atom. The smallest absolute Gasteiger partial charge is 0.407 e. The van der Waals surface area contributed by atoms with E-state index in [0.717, 1.165) is 32.1 Å². The van der Waals surface area contributed by atoms with Crippen LogP contribution in [0.5, 0.6) is 0 Å². The minimum Gasteiger partial charge on any atom is -0.448 e. The maximum atomic E-state index is 11.7. The minimum atomic E-state index is -0.270. The monoisotopic (exact) mass is 284 g/mol. The first-order valence-electron chi connectivity index (χ1n) is 8.08. The van der Waals surface area contributed by atoms with Crippen LogP contribution in [0.2, 0.25) is 0 Å². The average Bonchev–Trinajstić information content (AvgIpc) is 2.42. The second-order valence-corrected chi connectivity index (χ2v) is 6.40. The van der Waals surface area contributed by atoms with Crippen molar-refractivity contribution in [1.82, 2.24) is 10.2 Å². The number of likely N-dealkylation sites (N-methyl/N-ethyl adjacent to an activating group) is 1. The lowest BCUT2D eigenvalue weighted by Crippen LogP contribution is -2.49. The Kier molecular flexibility index (Phi) is 6.80. The third kappa shape index (κ3) is 4.37. The summed E-state index contributed by atoms with van der Waals surface area (Å²) in [6.45, 7) is 15.1. The largest absolute Gasteiger partial charge is 0.448 e. The first kappa shape index (κ1) is 17.3. The molecule has 0 aromatic carbocycles. The van der Waals surface area contributed by atoms with Gasteiger partial charge in [-0.1, -0.05) is 41.0 Å². The number of amides is 1. The zero-order valence-electron chi connectivity index (χ0n) is 13.9. The van der Waals surface area contributed by atoms with E-state index in [-0.39, 0.29) is 6.09 Å². The van der Waals surface area contributed by atoms with E-state index in [1.807, 2.05) is 0 Å². The Morgan fingerprint density at radius 2 is 1.90 bits per heavy atom. The molecule has 0 aromatic heterocycles. The summed E-state index contributed by atoms with van der Waals surface area (Å²) in [6.07, 6.45) is 2.19. The van der Waals surface area contributed by atoms with Gasteiger partial charge in [0, 0.05) is 13.1 Å². The number of ether oxygens (including phenoxy) is 1. The Bertz CT molecular complexity index is 301. The second-order valence-electron chi connectivity index (χ2n) is 6.40. The highest BCUT2D eigenvalue weighted by molar-refractivity contribution is 5.67. The van der Waals surface area contributed by atoms with Crippen molar-refractivity contribution in [2.24, 2.45) is 17.3 Å². The molecule has 1 fully saturated rings. The highest BCUT2D eigenvalue weighted by Gasteiger charge is 2.46. The van der Waals surface area contributed by atoms with Gasteiger partial charge < -0.3 is 15.0 Å². The SMILES string of the molecule is CCC1CC(CNC(=O)OCCN(CC)CC)C1(C)C. The van der Waals surface area contributed by atoms with Gasteiger partial charge in [-0.25, -0.2) is 4.79 Å². The van der Waals surface area contributed by atoms with Crippen molar-refractivity contribution in [1.29, 1.82) is 0 Å². The van der Waals surface area contributed by atoms with Gasteiger partial charge in [-0.05, 0) is 36.8 Å². The van der Waals surface area contributed by atoms with Gasteiger partial charge in [-0.2, -0.15) is 0 Å². The molecule has 0 aromatic rings. The maximum Gasteiger partial charge on any atom is 0.407 e. The number of hydrogen-bond donors (Lipinski definition) is 1. The average molecular weight is 284 g/mol. The fraction of sp³-hybridized carbons (Fsp3) is 0.938. The third-order valence-electron chi connectivity index (χ3n) is 5.19. The van der Waals surface area contributed by atoms with Crippen LogP contribution >= 0.6 is 0 Å². The Hall–Kier alpha value is -0.770. The van der Waals surface area contributed by atoms with E-state index in [1.54, 1.807) is 0 Å². The quantitative estimate of drug-likeness (QED) is 0.744. The third-order valence-corrected chi connectivity index (χ3v) is 5.19. The zero-order valence-corrected chi connectivity index (χ0v) is 13.9. The molecule has 1 amide bonds. The molecule has 0 radical (unpaired) electrons. The highest BCUT2D eigenvalue weighted by Crippen LogP contribution is 2.52. The van der Waals surface area contributed by atoms with E-state index in [1.165, 1.54) is 12.8 Å². The molecule has 0 bridgehead atoms. The molecular formula is C16H32N2O2. The number of alkyl carbamates (subject to hydrolysis) is 1. The van der Waals surface area contributed by atoms with Gasteiger partial charge in [0.05, 0.1) is 0 Å². The summed E-state index contributed by atoms with van der Waals surface area (Å²) in [4.78, 5) is 13.9. The van der Waals surface area contributed by atoms with Gasteiger partial charge in [0.2, 0.25) is 0 Å². The van der Waals surface area contributed by atoms with Crippen LogP contribution in [0.1, 0.15) is 47.5 Å².